The van der Waals surface area contributed by atoms with Gasteiger partial charge in [0.2, 0.25) is 0 Å². The van der Waals surface area contributed by atoms with Crippen LogP contribution >= 0.6 is 15.9 Å². The first-order chi connectivity index (χ1) is 9.73. The average Bonchev–Trinajstić information content (AvgIpc) is 2.36. The van der Waals surface area contributed by atoms with Crippen LogP contribution in [0.3, 0.4) is 0 Å². The molecule has 6 heteroatoms. The molecule has 0 amide bonds. The molecule has 0 saturated heterocycles. The highest BCUT2D eigenvalue weighted by molar-refractivity contribution is 9.10. The van der Waals surface area contributed by atoms with Crippen molar-refractivity contribution in [1.29, 1.82) is 0 Å². The smallest absolute Gasteiger partial charge is 0.389 e. The lowest BCUT2D eigenvalue weighted by Gasteiger charge is -2.21. The van der Waals surface area contributed by atoms with Crippen LogP contribution in [0.5, 0.6) is 5.75 Å². The zero-order valence-corrected chi connectivity index (χ0v) is 14.0. The first kappa shape index (κ1) is 18.3. The number of benzene rings is 1. The monoisotopic (exact) mass is 367 g/mol. The van der Waals surface area contributed by atoms with Gasteiger partial charge in [0.1, 0.15) is 5.75 Å². The van der Waals surface area contributed by atoms with Gasteiger partial charge in [-0.1, -0.05) is 6.07 Å². The summed E-state index contributed by atoms with van der Waals surface area (Å²) in [7, 11) is 1.60. The maximum Gasteiger partial charge on any atom is 0.389 e. The Morgan fingerprint density at radius 1 is 1.29 bits per heavy atom. The Balaban J connectivity index is 2.48. The first-order valence-electron chi connectivity index (χ1n) is 6.89. The largest absolute Gasteiger partial charge is 0.496 e. The Morgan fingerprint density at radius 3 is 2.48 bits per heavy atom. The van der Waals surface area contributed by atoms with Gasteiger partial charge in [0.15, 0.2) is 0 Å². The van der Waals surface area contributed by atoms with Crippen LogP contribution in [-0.4, -0.2) is 19.3 Å². The number of rotatable bonds is 7. The summed E-state index contributed by atoms with van der Waals surface area (Å²) in [5.41, 5.74) is 1.06. The van der Waals surface area contributed by atoms with Crippen molar-refractivity contribution in [2.75, 3.05) is 7.11 Å². The van der Waals surface area contributed by atoms with E-state index in [4.69, 9.17) is 4.74 Å². The van der Waals surface area contributed by atoms with E-state index in [-0.39, 0.29) is 18.5 Å². The van der Waals surface area contributed by atoms with Gasteiger partial charge in [0, 0.05) is 18.5 Å². The van der Waals surface area contributed by atoms with Crippen molar-refractivity contribution in [3.63, 3.8) is 0 Å². The van der Waals surface area contributed by atoms with E-state index in [1.54, 1.807) is 7.11 Å². The van der Waals surface area contributed by atoms with Gasteiger partial charge in [-0.15, -0.1) is 0 Å². The van der Waals surface area contributed by atoms with Crippen molar-refractivity contribution < 1.29 is 17.9 Å². The Labute approximate surface area is 132 Å². The number of hydrogen-bond acceptors (Lipinski definition) is 2. The lowest BCUT2D eigenvalue weighted by molar-refractivity contribution is -0.135. The predicted molar refractivity (Wildman–Crippen MR) is 81.6 cm³/mol. The van der Waals surface area contributed by atoms with Gasteiger partial charge in [0.25, 0.3) is 0 Å². The highest BCUT2D eigenvalue weighted by atomic mass is 79.9. The third-order valence-corrected chi connectivity index (χ3v) is 3.93. The molecule has 0 aliphatic rings. The van der Waals surface area contributed by atoms with Crippen LogP contribution < -0.4 is 10.1 Å². The molecule has 0 spiro atoms. The van der Waals surface area contributed by atoms with Crippen molar-refractivity contribution >= 4 is 15.9 Å². The summed E-state index contributed by atoms with van der Waals surface area (Å²) in [6, 6.07) is 5.87. The lowest BCUT2D eigenvalue weighted by Crippen LogP contribution is -2.29. The minimum absolute atomic E-state index is 0.0308. The number of alkyl halides is 3. The Kier molecular flexibility index (Phi) is 7.00. The number of nitrogens with one attached hydrogen (secondary N) is 1. The third kappa shape index (κ3) is 6.70. The molecule has 0 fully saturated rings. The molecule has 1 N–H and O–H groups in total. The molecule has 0 aromatic heterocycles. The highest BCUT2D eigenvalue weighted by Crippen LogP contribution is 2.28. The van der Waals surface area contributed by atoms with Crippen LogP contribution in [0.1, 0.15) is 44.7 Å². The van der Waals surface area contributed by atoms with E-state index in [1.165, 1.54) is 0 Å². The Hall–Kier alpha value is -0.750. The summed E-state index contributed by atoms with van der Waals surface area (Å²) in [6.45, 7) is 3.90. The van der Waals surface area contributed by atoms with Gasteiger partial charge in [-0.05, 0) is 60.3 Å². The van der Waals surface area contributed by atoms with Crippen LogP contribution in [0, 0.1) is 0 Å². The Bertz CT molecular complexity index is 451. The molecule has 0 aliphatic carbocycles. The van der Waals surface area contributed by atoms with Gasteiger partial charge in [-0.25, -0.2) is 0 Å². The van der Waals surface area contributed by atoms with Crippen molar-refractivity contribution in [2.24, 2.45) is 0 Å². The fourth-order valence-corrected chi connectivity index (χ4v) is 2.73. The van der Waals surface area contributed by atoms with Crippen molar-refractivity contribution in [3.05, 3.63) is 28.2 Å². The standard InChI is InChI=1S/C15H21BrF3NO/c1-10(5-4-8-15(17,18)19)20-11(2)12-6-7-14(21-3)13(16)9-12/h6-7,9-11,20H,4-5,8H2,1-3H3. The first-order valence-corrected chi connectivity index (χ1v) is 7.68. The molecular formula is C15H21BrF3NO. The zero-order chi connectivity index (χ0) is 16.0. The average molecular weight is 368 g/mol. The zero-order valence-electron chi connectivity index (χ0n) is 12.4. The van der Waals surface area contributed by atoms with E-state index in [2.05, 4.69) is 21.2 Å². The molecule has 2 nitrogen and oxygen atoms in total. The van der Waals surface area contributed by atoms with Crippen LogP contribution in [-0.2, 0) is 0 Å². The molecule has 120 valence electrons. The van der Waals surface area contributed by atoms with E-state index < -0.39 is 12.6 Å². The molecule has 0 bridgehead atoms. The molecule has 2 atom stereocenters. The van der Waals surface area contributed by atoms with Crippen LogP contribution in [0.4, 0.5) is 13.2 Å². The minimum atomic E-state index is -4.06. The summed E-state index contributed by atoms with van der Waals surface area (Å²) in [5, 5.41) is 3.32. The van der Waals surface area contributed by atoms with Gasteiger partial charge in [0.05, 0.1) is 11.6 Å². The summed E-state index contributed by atoms with van der Waals surface area (Å²) >= 11 is 3.43. The molecule has 1 aromatic carbocycles. The second-order valence-corrected chi connectivity index (χ2v) is 6.05. The molecule has 2 unspecified atom stereocenters. The molecule has 21 heavy (non-hydrogen) atoms. The van der Waals surface area contributed by atoms with E-state index in [1.807, 2.05) is 32.0 Å². The van der Waals surface area contributed by atoms with E-state index in [0.717, 1.165) is 15.8 Å². The fraction of sp³-hybridized carbons (Fsp3) is 0.600. The topological polar surface area (TPSA) is 21.3 Å². The quantitative estimate of drug-likeness (QED) is 0.712. The maximum absolute atomic E-state index is 12.1. The normalized spacial score (nSPS) is 14.8. The molecular weight excluding hydrogens is 347 g/mol. The van der Waals surface area contributed by atoms with Crippen molar-refractivity contribution in [3.8, 4) is 5.75 Å². The van der Waals surface area contributed by atoms with Crippen molar-refractivity contribution in [2.45, 2.75) is 51.4 Å². The highest BCUT2D eigenvalue weighted by Gasteiger charge is 2.26. The van der Waals surface area contributed by atoms with E-state index >= 15 is 0 Å². The number of hydrogen-bond donors (Lipinski definition) is 1. The van der Waals surface area contributed by atoms with E-state index in [9.17, 15) is 13.2 Å². The maximum atomic E-state index is 12.1. The molecule has 0 heterocycles. The summed E-state index contributed by atoms with van der Waals surface area (Å²) in [4.78, 5) is 0. The minimum Gasteiger partial charge on any atom is -0.496 e. The molecule has 0 aliphatic heterocycles. The fourth-order valence-electron chi connectivity index (χ4n) is 2.17. The molecule has 0 saturated carbocycles. The number of methoxy groups -OCH3 is 1. The number of halogens is 4. The summed E-state index contributed by atoms with van der Waals surface area (Å²) < 4.78 is 42.4. The van der Waals surface area contributed by atoms with Crippen LogP contribution in [0.25, 0.3) is 0 Å². The van der Waals surface area contributed by atoms with Crippen LogP contribution in [0.15, 0.2) is 22.7 Å². The Morgan fingerprint density at radius 2 is 1.95 bits per heavy atom. The summed E-state index contributed by atoms with van der Waals surface area (Å²) in [6.07, 6.45) is -4.13. The second kappa shape index (κ2) is 8.03. The predicted octanol–water partition coefficient (Wildman–Crippen LogP) is 5.23. The summed E-state index contributed by atoms with van der Waals surface area (Å²) in [5.74, 6) is 0.754. The molecule has 1 rings (SSSR count). The van der Waals surface area contributed by atoms with E-state index in [0.29, 0.717) is 6.42 Å². The van der Waals surface area contributed by atoms with Gasteiger partial charge in [-0.3, -0.25) is 0 Å². The molecule has 1 aromatic rings. The lowest BCUT2D eigenvalue weighted by atomic mass is 10.1. The van der Waals surface area contributed by atoms with Gasteiger partial charge in [-0.2, -0.15) is 13.2 Å². The number of ether oxygens (including phenoxy) is 1. The molecule has 0 radical (unpaired) electrons. The van der Waals surface area contributed by atoms with Gasteiger partial charge >= 0.3 is 6.18 Å². The SMILES string of the molecule is COc1ccc(C(C)NC(C)CCCC(F)(F)F)cc1Br. The van der Waals surface area contributed by atoms with Gasteiger partial charge < -0.3 is 10.1 Å². The second-order valence-electron chi connectivity index (χ2n) is 5.19. The van der Waals surface area contributed by atoms with Crippen LogP contribution in [0.2, 0.25) is 0 Å². The van der Waals surface area contributed by atoms with Crippen molar-refractivity contribution in [1.82, 2.24) is 5.32 Å². The third-order valence-electron chi connectivity index (χ3n) is 3.31.